The second kappa shape index (κ2) is 4.63. The van der Waals surface area contributed by atoms with Crippen molar-refractivity contribution in [2.75, 3.05) is 45.9 Å². The summed E-state index contributed by atoms with van der Waals surface area (Å²) in [4.78, 5) is 2.70. The molecular formula is C13H24N2O. The van der Waals surface area contributed by atoms with E-state index in [0.29, 0.717) is 5.41 Å². The van der Waals surface area contributed by atoms with E-state index >= 15 is 0 Å². The molecule has 0 aromatic heterocycles. The van der Waals surface area contributed by atoms with Gasteiger partial charge in [-0.1, -0.05) is 0 Å². The van der Waals surface area contributed by atoms with Gasteiger partial charge in [0.15, 0.2) is 0 Å². The topological polar surface area (TPSA) is 24.5 Å². The van der Waals surface area contributed by atoms with Crippen LogP contribution in [0, 0.1) is 11.3 Å². The normalized spacial score (nSPS) is 37.5. The average molecular weight is 224 g/mol. The summed E-state index contributed by atoms with van der Waals surface area (Å²) in [6.07, 6.45) is 5.42. The molecule has 1 atom stereocenters. The van der Waals surface area contributed by atoms with Crippen LogP contribution in [0.25, 0.3) is 0 Å². The van der Waals surface area contributed by atoms with Crippen molar-refractivity contribution in [2.45, 2.75) is 25.7 Å². The first kappa shape index (κ1) is 11.0. The summed E-state index contributed by atoms with van der Waals surface area (Å²) in [5, 5.41) is 3.45. The molecule has 3 fully saturated rings. The van der Waals surface area contributed by atoms with Gasteiger partial charge in [0.25, 0.3) is 0 Å². The molecule has 0 radical (unpaired) electrons. The summed E-state index contributed by atoms with van der Waals surface area (Å²) in [6, 6.07) is 0. The number of hydrogen-bond donors (Lipinski definition) is 1. The highest BCUT2D eigenvalue weighted by Crippen LogP contribution is 2.38. The van der Waals surface area contributed by atoms with Crippen LogP contribution in [-0.4, -0.2) is 50.8 Å². The van der Waals surface area contributed by atoms with Crippen molar-refractivity contribution in [1.29, 1.82) is 0 Å². The molecule has 0 aromatic rings. The molecule has 3 heteroatoms. The Labute approximate surface area is 98.5 Å². The van der Waals surface area contributed by atoms with E-state index in [-0.39, 0.29) is 0 Å². The second-order valence-corrected chi connectivity index (χ2v) is 5.98. The third-order valence-corrected chi connectivity index (χ3v) is 4.68. The Hall–Kier alpha value is -0.120. The minimum atomic E-state index is 0.549. The van der Waals surface area contributed by atoms with E-state index in [1.165, 1.54) is 58.4 Å². The van der Waals surface area contributed by atoms with Crippen molar-refractivity contribution in [3.8, 4) is 0 Å². The van der Waals surface area contributed by atoms with Gasteiger partial charge in [-0.25, -0.2) is 0 Å². The summed E-state index contributed by atoms with van der Waals surface area (Å²) >= 11 is 0. The molecule has 0 aromatic carbocycles. The maximum atomic E-state index is 5.58. The molecule has 1 spiro atoms. The number of nitrogens with one attached hydrogen (secondary N) is 1. The predicted octanol–water partition coefficient (Wildman–Crippen LogP) is 1.10. The van der Waals surface area contributed by atoms with Crippen LogP contribution in [0.5, 0.6) is 0 Å². The summed E-state index contributed by atoms with van der Waals surface area (Å²) < 4.78 is 5.58. The van der Waals surface area contributed by atoms with Crippen LogP contribution in [0.4, 0.5) is 0 Å². The predicted molar refractivity (Wildman–Crippen MR) is 64.5 cm³/mol. The van der Waals surface area contributed by atoms with Crippen molar-refractivity contribution in [3.63, 3.8) is 0 Å². The van der Waals surface area contributed by atoms with E-state index in [2.05, 4.69) is 10.2 Å². The third-order valence-electron chi connectivity index (χ3n) is 4.68. The molecular weight excluding hydrogens is 200 g/mol. The lowest BCUT2D eigenvalue weighted by Crippen LogP contribution is -2.36. The minimum Gasteiger partial charge on any atom is -0.381 e. The zero-order valence-electron chi connectivity index (χ0n) is 10.2. The van der Waals surface area contributed by atoms with Gasteiger partial charge >= 0.3 is 0 Å². The standard InChI is InChI=1S/C13H24N2O/c1-5-14-6-2-12(1)9-15-7-3-13(10-15)4-8-16-11-13/h12,14H,1-11H2. The van der Waals surface area contributed by atoms with Crippen LogP contribution in [0.2, 0.25) is 0 Å². The van der Waals surface area contributed by atoms with Crippen molar-refractivity contribution in [3.05, 3.63) is 0 Å². The molecule has 0 bridgehead atoms. The Bertz CT molecular complexity index is 232. The van der Waals surface area contributed by atoms with E-state index in [1.54, 1.807) is 0 Å². The van der Waals surface area contributed by atoms with E-state index < -0.39 is 0 Å². The van der Waals surface area contributed by atoms with Crippen molar-refractivity contribution >= 4 is 0 Å². The molecule has 1 unspecified atom stereocenters. The van der Waals surface area contributed by atoms with Crippen LogP contribution in [0.1, 0.15) is 25.7 Å². The molecule has 0 amide bonds. The Morgan fingerprint density at radius 3 is 2.88 bits per heavy atom. The molecule has 92 valence electrons. The van der Waals surface area contributed by atoms with Crippen LogP contribution in [0.15, 0.2) is 0 Å². The maximum Gasteiger partial charge on any atom is 0.0536 e. The minimum absolute atomic E-state index is 0.549. The SMILES string of the molecule is C1CC(CN2CCC3(CCOC3)C2)CCN1. The van der Waals surface area contributed by atoms with E-state index in [9.17, 15) is 0 Å². The van der Waals surface area contributed by atoms with Gasteiger partial charge in [-0.05, 0) is 51.2 Å². The quantitative estimate of drug-likeness (QED) is 0.760. The van der Waals surface area contributed by atoms with E-state index in [1.807, 2.05) is 0 Å². The first-order valence-corrected chi connectivity index (χ1v) is 6.87. The molecule has 0 saturated carbocycles. The van der Waals surface area contributed by atoms with Crippen LogP contribution >= 0.6 is 0 Å². The fourth-order valence-electron chi connectivity index (χ4n) is 3.58. The van der Waals surface area contributed by atoms with Crippen LogP contribution in [-0.2, 0) is 4.74 Å². The lowest BCUT2D eigenvalue weighted by atomic mass is 9.87. The molecule has 1 N–H and O–H groups in total. The third kappa shape index (κ3) is 2.27. The second-order valence-electron chi connectivity index (χ2n) is 5.98. The van der Waals surface area contributed by atoms with Gasteiger partial charge in [0.1, 0.15) is 0 Å². The van der Waals surface area contributed by atoms with Gasteiger partial charge in [0.05, 0.1) is 6.61 Å². The zero-order valence-corrected chi connectivity index (χ0v) is 10.2. The summed E-state index contributed by atoms with van der Waals surface area (Å²) in [6.45, 7) is 8.43. The molecule has 3 aliphatic rings. The van der Waals surface area contributed by atoms with Gasteiger partial charge in [0.2, 0.25) is 0 Å². The van der Waals surface area contributed by atoms with Gasteiger partial charge < -0.3 is 15.0 Å². The smallest absolute Gasteiger partial charge is 0.0536 e. The van der Waals surface area contributed by atoms with Gasteiger partial charge in [0, 0.05) is 25.1 Å². The summed E-state index contributed by atoms with van der Waals surface area (Å²) in [7, 11) is 0. The largest absolute Gasteiger partial charge is 0.381 e. The van der Waals surface area contributed by atoms with Gasteiger partial charge in [-0.3, -0.25) is 0 Å². The highest BCUT2D eigenvalue weighted by atomic mass is 16.5. The first-order chi connectivity index (χ1) is 7.86. The lowest BCUT2D eigenvalue weighted by molar-refractivity contribution is 0.148. The highest BCUT2D eigenvalue weighted by molar-refractivity contribution is 4.93. The Kier molecular flexibility index (Phi) is 3.18. The fourth-order valence-corrected chi connectivity index (χ4v) is 3.58. The van der Waals surface area contributed by atoms with Crippen LogP contribution in [0.3, 0.4) is 0 Å². The first-order valence-electron chi connectivity index (χ1n) is 6.87. The fraction of sp³-hybridized carbons (Fsp3) is 1.00. The lowest BCUT2D eigenvalue weighted by Gasteiger charge is -2.28. The number of nitrogens with zero attached hydrogens (tertiary/aromatic N) is 1. The molecule has 3 nitrogen and oxygen atoms in total. The number of hydrogen-bond acceptors (Lipinski definition) is 3. The monoisotopic (exact) mass is 224 g/mol. The highest BCUT2D eigenvalue weighted by Gasteiger charge is 2.41. The molecule has 3 heterocycles. The summed E-state index contributed by atoms with van der Waals surface area (Å²) in [5.74, 6) is 0.943. The Balaban J connectivity index is 1.49. The maximum absolute atomic E-state index is 5.58. The van der Waals surface area contributed by atoms with E-state index in [4.69, 9.17) is 4.74 Å². The zero-order chi connectivity index (χ0) is 10.8. The number of piperidine rings is 1. The van der Waals surface area contributed by atoms with Gasteiger partial charge in [-0.2, -0.15) is 0 Å². The summed E-state index contributed by atoms with van der Waals surface area (Å²) in [5.41, 5.74) is 0.549. The molecule has 3 saturated heterocycles. The molecule has 0 aliphatic carbocycles. The Morgan fingerprint density at radius 2 is 2.12 bits per heavy atom. The van der Waals surface area contributed by atoms with Crippen molar-refractivity contribution in [1.82, 2.24) is 10.2 Å². The van der Waals surface area contributed by atoms with Crippen LogP contribution < -0.4 is 5.32 Å². The van der Waals surface area contributed by atoms with Gasteiger partial charge in [-0.15, -0.1) is 0 Å². The van der Waals surface area contributed by atoms with E-state index in [0.717, 1.165) is 19.1 Å². The molecule has 3 aliphatic heterocycles. The molecule has 16 heavy (non-hydrogen) atoms. The average Bonchev–Trinajstić information content (AvgIpc) is 2.92. The molecule has 3 rings (SSSR count). The number of rotatable bonds is 2. The van der Waals surface area contributed by atoms with Crippen molar-refractivity contribution < 1.29 is 4.74 Å². The number of ether oxygens (including phenoxy) is 1. The number of likely N-dealkylation sites (tertiary alicyclic amines) is 1. The van der Waals surface area contributed by atoms with Crippen molar-refractivity contribution in [2.24, 2.45) is 11.3 Å². The Morgan fingerprint density at radius 1 is 1.25 bits per heavy atom.